The minimum Gasteiger partial charge on any atom is -0.392 e. The van der Waals surface area contributed by atoms with Crippen molar-refractivity contribution in [3.63, 3.8) is 0 Å². The number of rotatable bonds is 8. The summed E-state index contributed by atoms with van der Waals surface area (Å²) in [7, 11) is 0. The van der Waals surface area contributed by atoms with E-state index < -0.39 is 0 Å². The number of thiazole rings is 1. The Morgan fingerprint density at radius 3 is 2.86 bits per heavy atom. The Hall–Kier alpha value is -1.43. The molecule has 0 unspecified atom stereocenters. The van der Waals surface area contributed by atoms with Gasteiger partial charge in [0.2, 0.25) is 0 Å². The van der Waals surface area contributed by atoms with E-state index in [0.717, 1.165) is 35.0 Å². The highest BCUT2D eigenvalue weighted by molar-refractivity contribution is 7.09. The largest absolute Gasteiger partial charge is 0.392 e. The molecule has 5 heteroatoms. The average Bonchev–Trinajstić information content (AvgIpc) is 3.01. The molecule has 0 saturated carbocycles. The number of aromatic nitrogens is 1. The number of anilines is 1. The number of benzene rings is 1. The molecule has 0 aliphatic carbocycles. The first kappa shape index (κ1) is 16.9. The number of aliphatic hydroxyl groups is 1. The Morgan fingerprint density at radius 2 is 2.18 bits per heavy atom. The lowest BCUT2D eigenvalue weighted by atomic mass is 10.2. The van der Waals surface area contributed by atoms with Crippen molar-refractivity contribution in [3.05, 3.63) is 45.9 Å². The van der Waals surface area contributed by atoms with Gasteiger partial charge in [0.25, 0.3) is 0 Å². The van der Waals surface area contributed by atoms with Gasteiger partial charge in [0.05, 0.1) is 18.8 Å². The highest BCUT2D eigenvalue weighted by Crippen LogP contribution is 2.24. The first-order chi connectivity index (χ1) is 10.7. The van der Waals surface area contributed by atoms with Crippen LogP contribution in [0.2, 0.25) is 0 Å². The van der Waals surface area contributed by atoms with Crippen LogP contribution in [0.1, 0.15) is 43.1 Å². The molecular weight excluding hydrogens is 296 g/mol. The van der Waals surface area contributed by atoms with Crippen LogP contribution in [0.4, 0.5) is 5.69 Å². The molecule has 1 N–H and O–H groups in total. The minimum atomic E-state index is 0.0524. The van der Waals surface area contributed by atoms with Crippen LogP contribution in [-0.4, -0.2) is 23.2 Å². The molecule has 0 aliphatic heterocycles. The summed E-state index contributed by atoms with van der Waals surface area (Å²) in [5, 5.41) is 12.4. The van der Waals surface area contributed by atoms with E-state index >= 15 is 0 Å². The Balaban J connectivity index is 2.09. The molecule has 1 heterocycles. The summed E-state index contributed by atoms with van der Waals surface area (Å²) >= 11 is 1.65. The third-order valence-electron chi connectivity index (χ3n) is 3.53. The van der Waals surface area contributed by atoms with Gasteiger partial charge in [0, 0.05) is 24.2 Å². The zero-order chi connectivity index (χ0) is 15.9. The molecule has 0 radical (unpaired) electrons. The number of aliphatic hydroxyl groups excluding tert-OH is 1. The zero-order valence-electron chi connectivity index (χ0n) is 13.5. The minimum absolute atomic E-state index is 0.0524. The second-order valence-corrected chi connectivity index (χ2v) is 6.01. The predicted octanol–water partition coefficient (Wildman–Crippen LogP) is 3.76. The molecule has 1 aromatic heterocycles. The van der Waals surface area contributed by atoms with Crippen LogP contribution in [0.15, 0.2) is 29.6 Å². The Morgan fingerprint density at radius 1 is 1.36 bits per heavy atom. The molecule has 0 spiro atoms. The van der Waals surface area contributed by atoms with E-state index in [1.54, 1.807) is 11.3 Å². The lowest BCUT2D eigenvalue weighted by Gasteiger charge is -2.22. The van der Waals surface area contributed by atoms with Crippen molar-refractivity contribution in [2.75, 3.05) is 18.1 Å². The summed E-state index contributed by atoms with van der Waals surface area (Å²) in [6, 6.07) is 8.01. The van der Waals surface area contributed by atoms with Crippen LogP contribution in [0.25, 0.3) is 0 Å². The number of hydrogen-bond donors (Lipinski definition) is 1. The third-order valence-corrected chi connectivity index (χ3v) is 4.58. The van der Waals surface area contributed by atoms with Crippen molar-refractivity contribution >= 4 is 17.0 Å². The normalized spacial score (nSPS) is 12.4. The maximum atomic E-state index is 9.28. The third kappa shape index (κ3) is 4.29. The molecule has 4 nitrogen and oxygen atoms in total. The summed E-state index contributed by atoms with van der Waals surface area (Å²) in [5.41, 5.74) is 3.10. The SMILES string of the molecule is CCO[C@H](C)c1nc(CN(CC)c2cccc(CO)c2)cs1. The molecule has 2 rings (SSSR count). The number of nitrogens with zero attached hydrogens (tertiary/aromatic N) is 2. The van der Waals surface area contributed by atoms with Gasteiger partial charge in [0.15, 0.2) is 0 Å². The lowest BCUT2D eigenvalue weighted by Crippen LogP contribution is -2.22. The summed E-state index contributed by atoms with van der Waals surface area (Å²) in [6.45, 7) is 8.58. The molecule has 1 aromatic carbocycles. The van der Waals surface area contributed by atoms with Gasteiger partial charge in [-0.25, -0.2) is 4.98 Å². The zero-order valence-corrected chi connectivity index (χ0v) is 14.3. The highest BCUT2D eigenvalue weighted by Gasteiger charge is 2.13. The number of hydrogen-bond acceptors (Lipinski definition) is 5. The van der Waals surface area contributed by atoms with Gasteiger partial charge in [-0.3, -0.25) is 0 Å². The standard InChI is InChI=1S/C17H24N2O2S/c1-4-19(16-8-6-7-14(9-16)11-20)10-15-12-22-17(18-15)13(3)21-5-2/h6-9,12-13,20H,4-5,10-11H2,1-3H3/t13-/m1/s1. The molecule has 120 valence electrons. The number of ether oxygens (including phenoxy) is 1. The van der Waals surface area contributed by atoms with E-state index in [2.05, 4.69) is 28.3 Å². The molecule has 0 fully saturated rings. The van der Waals surface area contributed by atoms with E-state index in [9.17, 15) is 5.11 Å². The van der Waals surface area contributed by atoms with Crippen LogP contribution in [0, 0.1) is 0 Å². The van der Waals surface area contributed by atoms with Gasteiger partial charge in [0.1, 0.15) is 11.1 Å². The fourth-order valence-electron chi connectivity index (χ4n) is 2.34. The molecule has 0 bridgehead atoms. The molecule has 2 aromatic rings. The van der Waals surface area contributed by atoms with Gasteiger partial charge >= 0.3 is 0 Å². The van der Waals surface area contributed by atoms with Gasteiger partial charge in [-0.1, -0.05) is 12.1 Å². The average molecular weight is 320 g/mol. The first-order valence-electron chi connectivity index (χ1n) is 7.68. The van der Waals surface area contributed by atoms with Crippen molar-refractivity contribution in [2.24, 2.45) is 0 Å². The van der Waals surface area contributed by atoms with E-state index in [1.165, 1.54) is 0 Å². The van der Waals surface area contributed by atoms with E-state index in [1.807, 2.05) is 32.0 Å². The molecule has 1 atom stereocenters. The van der Waals surface area contributed by atoms with Gasteiger partial charge in [-0.15, -0.1) is 11.3 Å². The highest BCUT2D eigenvalue weighted by atomic mass is 32.1. The van der Waals surface area contributed by atoms with Crippen LogP contribution in [0.5, 0.6) is 0 Å². The summed E-state index contributed by atoms with van der Waals surface area (Å²) in [6.07, 6.45) is 0.0524. The molecule has 0 saturated heterocycles. The maximum Gasteiger partial charge on any atom is 0.122 e. The summed E-state index contributed by atoms with van der Waals surface area (Å²) < 4.78 is 5.59. The Bertz CT molecular complexity index is 586. The summed E-state index contributed by atoms with van der Waals surface area (Å²) in [4.78, 5) is 6.94. The molecule has 0 amide bonds. The van der Waals surface area contributed by atoms with Crippen LogP contribution < -0.4 is 4.90 Å². The van der Waals surface area contributed by atoms with Gasteiger partial charge in [-0.05, 0) is 38.5 Å². The maximum absolute atomic E-state index is 9.28. The summed E-state index contributed by atoms with van der Waals surface area (Å²) in [5.74, 6) is 0. The Kier molecular flexibility index (Phi) is 6.36. The smallest absolute Gasteiger partial charge is 0.122 e. The van der Waals surface area contributed by atoms with Crippen molar-refractivity contribution in [1.29, 1.82) is 0 Å². The van der Waals surface area contributed by atoms with Crippen molar-refractivity contribution < 1.29 is 9.84 Å². The monoisotopic (exact) mass is 320 g/mol. The van der Waals surface area contributed by atoms with Crippen molar-refractivity contribution in [1.82, 2.24) is 4.98 Å². The quantitative estimate of drug-likeness (QED) is 0.804. The molecule has 22 heavy (non-hydrogen) atoms. The van der Waals surface area contributed by atoms with Crippen molar-refractivity contribution in [2.45, 2.75) is 40.0 Å². The Labute approximate surface area is 136 Å². The lowest BCUT2D eigenvalue weighted by molar-refractivity contribution is 0.0761. The predicted molar refractivity (Wildman–Crippen MR) is 91.2 cm³/mol. The fourth-order valence-corrected chi connectivity index (χ4v) is 3.15. The van der Waals surface area contributed by atoms with E-state index in [0.29, 0.717) is 6.61 Å². The first-order valence-corrected chi connectivity index (χ1v) is 8.56. The van der Waals surface area contributed by atoms with Crippen LogP contribution in [-0.2, 0) is 17.9 Å². The second kappa shape index (κ2) is 8.27. The fraction of sp³-hybridized carbons (Fsp3) is 0.471. The second-order valence-electron chi connectivity index (χ2n) is 5.12. The van der Waals surface area contributed by atoms with Gasteiger partial charge < -0.3 is 14.7 Å². The molecule has 0 aliphatic rings. The topological polar surface area (TPSA) is 45.6 Å². The molecular formula is C17H24N2O2S. The van der Waals surface area contributed by atoms with Crippen LogP contribution in [0.3, 0.4) is 0 Å². The van der Waals surface area contributed by atoms with E-state index in [4.69, 9.17) is 4.74 Å². The van der Waals surface area contributed by atoms with E-state index in [-0.39, 0.29) is 12.7 Å². The van der Waals surface area contributed by atoms with Gasteiger partial charge in [-0.2, -0.15) is 0 Å². The van der Waals surface area contributed by atoms with Crippen molar-refractivity contribution in [3.8, 4) is 0 Å². The van der Waals surface area contributed by atoms with Crippen LogP contribution >= 0.6 is 11.3 Å².